The van der Waals surface area contributed by atoms with Crippen LogP contribution < -0.4 is 0 Å². The monoisotopic (exact) mass is 492 g/mol. The van der Waals surface area contributed by atoms with Gasteiger partial charge in [0.25, 0.3) is 0 Å². The first-order valence-corrected chi connectivity index (χ1v) is 12.1. The third-order valence-electron chi connectivity index (χ3n) is 6.27. The highest BCUT2D eigenvalue weighted by Gasteiger charge is 2.47. The molecule has 33 heavy (non-hydrogen) atoms. The number of rotatable bonds is 6. The lowest BCUT2D eigenvalue weighted by Crippen LogP contribution is -2.45. The van der Waals surface area contributed by atoms with Crippen molar-refractivity contribution in [3.05, 3.63) is 69.7 Å². The van der Waals surface area contributed by atoms with Gasteiger partial charge in [-0.05, 0) is 80.8 Å². The number of halogens is 2. The highest BCUT2D eigenvalue weighted by molar-refractivity contribution is 6.30. The van der Waals surface area contributed by atoms with Gasteiger partial charge >= 0.3 is 11.9 Å². The maximum Gasteiger partial charge on any atom is 0.309 e. The van der Waals surface area contributed by atoms with Gasteiger partial charge in [-0.3, -0.25) is 9.59 Å². The van der Waals surface area contributed by atoms with Crippen molar-refractivity contribution in [2.75, 3.05) is 13.2 Å². The molecule has 5 nitrogen and oxygen atoms in total. The van der Waals surface area contributed by atoms with Crippen LogP contribution in [0.4, 0.5) is 0 Å². The quantitative estimate of drug-likeness (QED) is 0.508. The van der Waals surface area contributed by atoms with E-state index in [-0.39, 0.29) is 23.8 Å². The maximum atomic E-state index is 11.4. The molecule has 1 N–H and O–H groups in total. The normalized spacial score (nSPS) is 25.5. The Labute approximate surface area is 205 Å². The number of aliphatic hydroxyl groups is 1. The van der Waals surface area contributed by atoms with E-state index in [1.54, 1.807) is 31.2 Å². The standard InChI is InChI=1S/C13H15ClO3.C13H15ClO2/c1-2-17-12(15)9-7-13(16,8-9)10-3-5-11(14)6-4-10;1-2-16-13(15)11-7-10(8-11)9-3-5-12(14)6-4-9/h3-6,9,16H,2,7-8H2,1H3;3-6,10-11H,2,7-8H2,1H3. The van der Waals surface area contributed by atoms with Crippen LogP contribution in [-0.2, 0) is 24.7 Å². The second-order valence-electron chi connectivity index (χ2n) is 8.56. The van der Waals surface area contributed by atoms with Crippen LogP contribution in [0.15, 0.2) is 48.5 Å². The fourth-order valence-corrected chi connectivity index (χ4v) is 4.51. The predicted octanol–water partition coefficient (Wildman–Crippen LogP) is 5.90. The summed E-state index contributed by atoms with van der Waals surface area (Å²) in [6.45, 7) is 4.48. The van der Waals surface area contributed by atoms with E-state index in [4.69, 9.17) is 32.7 Å². The Hall–Kier alpha value is -2.08. The zero-order valence-corrected chi connectivity index (χ0v) is 20.4. The number of carbonyl (C=O) groups is 2. The van der Waals surface area contributed by atoms with E-state index in [9.17, 15) is 14.7 Å². The lowest BCUT2D eigenvalue weighted by Gasteiger charge is -2.42. The van der Waals surface area contributed by atoms with Crippen molar-refractivity contribution in [1.82, 2.24) is 0 Å². The molecule has 0 saturated heterocycles. The number of carbonyl (C=O) groups excluding carboxylic acids is 2. The first-order chi connectivity index (χ1) is 15.8. The number of esters is 2. The second-order valence-corrected chi connectivity index (χ2v) is 9.44. The number of hydrogen-bond acceptors (Lipinski definition) is 5. The molecular formula is C26H30Cl2O5. The van der Waals surface area contributed by atoms with Gasteiger partial charge in [0, 0.05) is 10.0 Å². The molecular weight excluding hydrogens is 463 g/mol. The molecule has 4 rings (SSSR count). The van der Waals surface area contributed by atoms with Crippen molar-refractivity contribution in [2.45, 2.75) is 51.0 Å². The highest BCUT2D eigenvalue weighted by Crippen LogP contribution is 2.46. The largest absolute Gasteiger partial charge is 0.466 e. The molecule has 2 saturated carbocycles. The fraction of sp³-hybridized carbons (Fsp3) is 0.462. The molecule has 0 bridgehead atoms. The summed E-state index contributed by atoms with van der Waals surface area (Å²) >= 11 is 11.6. The van der Waals surface area contributed by atoms with Crippen molar-refractivity contribution in [2.24, 2.45) is 11.8 Å². The van der Waals surface area contributed by atoms with Crippen LogP contribution in [0.25, 0.3) is 0 Å². The van der Waals surface area contributed by atoms with E-state index < -0.39 is 5.60 Å². The van der Waals surface area contributed by atoms with Crippen LogP contribution >= 0.6 is 23.2 Å². The Kier molecular flexibility index (Phi) is 8.80. The zero-order valence-electron chi connectivity index (χ0n) is 18.9. The van der Waals surface area contributed by atoms with Gasteiger partial charge in [-0.1, -0.05) is 47.5 Å². The SMILES string of the molecule is CCOC(=O)C1CC(O)(c2ccc(Cl)cc2)C1.CCOC(=O)C1CC(c2ccc(Cl)cc2)C1. The Bertz CT molecular complexity index is 930. The smallest absolute Gasteiger partial charge is 0.309 e. The molecule has 2 fully saturated rings. The highest BCUT2D eigenvalue weighted by atomic mass is 35.5. The fourth-order valence-electron chi connectivity index (χ4n) is 4.26. The van der Waals surface area contributed by atoms with Crippen LogP contribution in [0.5, 0.6) is 0 Å². The van der Waals surface area contributed by atoms with E-state index >= 15 is 0 Å². The summed E-state index contributed by atoms with van der Waals surface area (Å²) in [6.07, 6.45) is 2.65. The molecule has 178 valence electrons. The minimum atomic E-state index is -0.901. The van der Waals surface area contributed by atoms with E-state index in [0.29, 0.717) is 37.0 Å². The van der Waals surface area contributed by atoms with Crippen LogP contribution in [0.3, 0.4) is 0 Å². The molecule has 2 aromatic rings. The second kappa shape index (κ2) is 11.4. The summed E-state index contributed by atoms with van der Waals surface area (Å²) in [4.78, 5) is 22.9. The zero-order chi connectivity index (χ0) is 24.0. The van der Waals surface area contributed by atoms with Crippen molar-refractivity contribution in [1.29, 1.82) is 0 Å². The van der Waals surface area contributed by atoms with Crippen LogP contribution in [0, 0.1) is 11.8 Å². The van der Waals surface area contributed by atoms with Gasteiger partial charge in [-0.25, -0.2) is 0 Å². The molecule has 0 aromatic heterocycles. The molecule has 0 heterocycles. The van der Waals surface area contributed by atoms with Gasteiger partial charge in [0.1, 0.15) is 0 Å². The molecule has 0 radical (unpaired) electrons. The summed E-state index contributed by atoms with van der Waals surface area (Å²) in [5.74, 6) is 0.141. The van der Waals surface area contributed by atoms with Crippen LogP contribution in [-0.4, -0.2) is 30.3 Å². The van der Waals surface area contributed by atoms with Crippen LogP contribution in [0.2, 0.25) is 10.0 Å². The Morgan fingerprint density at radius 1 is 0.848 bits per heavy atom. The molecule has 0 amide bonds. The molecule has 2 aromatic carbocycles. The van der Waals surface area contributed by atoms with Crippen molar-refractivity contribution in [3.63, 3.8) is 0 Å². The molecule has 2 aliphatic rings. The minimum Gasteiger partial charge on any atom is -0.466 e. The number of hydrogen-bond donors (Lipinski definition) is 1. The summed E-state index contributed by atoms with van der Waals surface area (Å²) in [6, 6.07) is 14.9. The number of ether oxygens (including phenoxy) is 2. The van der Waals surface area contributed by atoms with E-state index in [1.807, 2.05) is 31.2 Å². The third-order valence-corrected chi connectivity index (χ3v) is 6.77. The van der Waals surface area contributed by atoms with E-state index in [2.05, 4.69) is 0 Å². The third kappa shape index (κ3) is 6.50. The molecule has 7 heteroatoms. The van der Waals surface area contributed by atoms with Crippen molar-refractivity contribution in [3.8, 4) is 0 Å². The Balaban J connectivity index is 0.000000186. The van der Waals surface area contributed by atoms with Crippen molar-refractivity contribution >= 4 is 35.1 Å². The minimum absolute atomic E-state index is 0.0484. The van der Waals surface area contributed by atoms with Gasteiger partial charge in [-0.2, -0.15) is 0 Å². The molecule has 0 unspecified atom stereocenters. The number of benzene rings is 2. The van der Waals surface area contributed by atoms with Gasteiger partial charge in [0.2, 0.25) is 0 Å². The molecule has 0 aliphatic heterocycles. The van der Waals surface area contributed by atoms with E-state index in [1.165, 1.54) is 5.56 Å². The Morgan fingerprint density at radius 2 is 1.30 bits per heavy atom. The van der Waals surface area contributed by atoms with Crippen LogP contribution in [0.1, 0.15) is 56.6 Å². The van der Waals surface area contributed by atoms with Gasteiger partial charge in [0.05, 0.1) is 30.7 Å². The summed E-state index contributed by atoms with van der Waals surface area (Å²) < 4.78 is 9.91. The van der Waals surface area contributed by atoms with Crippen molar-refractivity contribution < 1.29 is 24.2 Å². The summed E-state index contributed by atoms with van der Waals surface area (Å²) in [5.41, 5.74) is 1.18. The average molecular weight is 493 g/mol. The summed E-state index contributed by atoms with van der Waals surface area (Å²) in [5, 5.41) is 11.7. The van der Waals surface area contributed by atoms with Gasteiger partial charge in [0.15, 0.2) is 0 Å². The lowest BCUT2D eigenvalue weighted by atomic mass is 9.67. The van der Waals surface area contributed by atoms with Gasteiger partial charge in [-0.15, -0.1) is 0 Å². The maximum absolute atomic E-state index is 11.4. The first kappa shape index (κ1) is 25.5. The van der Waals surface area contributed by atoms with E-state index in [0.717, 1.165) is 23.4 Å². The lowest BCUT2D eigenvalue weighted by molar-refractivity contribution is -0.165. The van der Waals surface area contributed by atoms with Gasteiger partial charge < -0.3 is 14.6 Å². The molecule has 2 aliphatic carbocycles. The Morgan fingerprint density at radius 3 is 1.79 bits per heavy atom. The topological polar surface area (TPSA) is 72.8 Å². The molecule has 0 atom stereocenters. The molecule has 0 spiro atoms. The first-order valence-electron chi connectivity index (χ1n) is 11.3. The average Bonchev–Trinajstić information content (AvgIpc) is 2.73. The predicted molar refractivity (Wildman–Crippen MR) is 128 cm³/mol. The summed E-state index contributed by atoms with van der Waals surface area (Å²) in [7, 11) is 0.